The molecule has 3 rings (SSSR count). The number of carbonyl (C=O) groups is 2. The third kappa shape index (κ3) is 4.42. The first-order valence-corrected chi connectivity index (χ1v) is 9.74. The Morgan fingerprint density at radius 1 is 1.04 bits per heavy atom. The van der Waals surface area contributed by atoms with Crippen molar-refractivity contribution < 1.29 is 19.1 Å². The topological polar surface area (TPSA) is 74.9 Å². The predicted molar refractivity (Wildman–Crippen MR) is 108 cm³/mol. The van der Waals surface area contributed by atoms with E-state index in [0.29, 0.717) is 55.8 Å². The van der Waals surface area contributed by atoms with Crippen LogP contribution in [0, 0.1) is 0 Å². The van der Waals surface area contributed by atoms with Crippen LogP contribution in [0.5, 0.6) is 0 Å². The molecule has 7 nitrogen and oxygen atoms in total. The van der Waals surface area contributed by atoms with Crippen LogP contribution in [0.25, 0.3) is 11.3 Å². The first-order chi connectivity index (χ1) is 13.5. The van der Waals surface area contributed by atoms with Gasteiger partial charge in [-0.2, -0.15) is 0 Å². The van der Waals surface area contributed by atoms with Crippen LogP contribution in [0.4, 0.5) is 10.6 Å². The summed E-state index contributed by atoms with van der Waals surface area (Å²) in [6.07, 6.45) is -0.305. The van der Waals surface area contributed by atoms with E-state index in [-0.39, 0.29) is 12.1 Å². The molecule has 2 heterocycles. The molecule has 0 aliphatic carbocycles. The Bertz CT molecular complexity index is 826. The lowest BCUT2D eigenvalue weighted by molar-refractivity contribution is 0.0526. The molecule has 8 heteroatoms. The Morgan fingerprint density at radius 3 is 2.29 bits per heavy atom. The molecular formula is C20H24ClN3O4. The summed E-state index contributed by atoms with van der Waals surface area (Å²) in [5.41, 5.74) is 2.21. The fourth-order valence-corrected chi connectivity index (χ4v) is 3.30. The van der Waals surface area contributed by atoms with E-state index in [2.05, 4.69) is 9.88 Å². The highest BCUT2D eigenvalue weighted by Crippen LogP contribution is 2.30. The van der Waals surface area contributed by atoms with Gasteiger partial charge in [0.1, 0.15) is 11.4 Å². The summed E-state index contributed by atoms with van der Waals surface area (Å²) < 4.78 is 10.3. The second kappa shape index (κ2) is 9.01. The Morgan fingerprint density at radius 2 is 1.68 bits per heavy atom. The molecule has 0 radical (unpaired) electrons. The van der Waals surface area contributed by atoms with Gasteiger partial charge in [-0.05, 0) is 37.6 Å². The van der Waals surface area contributed by atoms with Crippen molar-refractivity contribution in [2.75, 3.05) is 44.3 Å². The molecule has 1 amide bonds. The highest BCUT2D eigenvalue weighted by atomic mass is 35.5. The summed E-state index contributed by atoms with van der Waals surface area (Å²) in [6.45, 7) is 6.45. The maximum Gasteiger partial charge on any atom is 0.409 e. The molecule has 1 fully saturated rings. The van der Waals surface area contributed by atoms with Gasteiger partial charge in [-0.3, -0.25) is 0 Å². The van der Waals surface area contributed by atoms with Gasteiger partial charge in [-0.1, -0.05) is 23.7 Å². The third-order valence-corrected chi connectivity index (χ3v) is 4.82. The average molecular weight is 406 g/mol. The van der Waals surface area contributed by atoms with Crippen LogP contribution >= 0.6 is 11.6 Å². The molecule has 2 aromatic rings. The van der Waals surface area contributed by atoms with Gasteiger partial charge in [0.25, 0.3) is 0 Å². The van der Waals surface area contributed by atoms with Crippen LogP contribution in [-0.2, 0) is 9.47 Å². The van der Waals surface area contributed by atoms with Crippen LogP contribution in [0.2, 0.25) is 5.02 Å². The smallest absolute Gasteiger partial charge is 0.409 e. The van der Waals surface area contributed by atoms with Crippen molar-refractivity contribution in [2.24, 2.45) is 0 Å². The van der Waals surface area contributed by atoms with E-state index in [0.717, 1.165) is 11.3 Å². The minimum Gasteiger partial charge on any atom is -0.462 e. The molecule has 1 aromatic carbocycles. The van der Waals surface area contributed by atoms with E-state index in [1.54, 1.807) is 36.9 Å². The van der Waals surface area contributed by atoms with E-state index in [9.17, 15) is 9.59 Å². The lowest BCUT2D eigenvalue weighted by Crippen LogP contribution is -2.49. The number of esters is 1. The maximum absolute atomic E-state index is 12.5. The van der Waals surface area contributed by atoms with Crippen LogP contribution in [0.3, 0.4) is 0 Å². The van der Waals surface area contributed by atoms with Crippen LogP contribution in [0.15, 0.2) is 30.3 Å². The van der Waals surface area contributed by atoms with Crippen molar-refractivity contribution in [3.8, 4) is 11.3 Å². The van der Waals surface area contributed by atoms with Crippen molar-refractivity contribution in [1.82, 2.24) is 9.88 Å². The van der Waals surface area contributed by atoms with Crippen molar-refractivity contribution in [3.63, 3.8) is 0 Å². The minimum absolute atomic E-state index is 0.302. The number of nitrogens with one attached hydrogen (secondary N) is 1. The van der Waals surface area contributed by atoms with Crippen molar-refractivity contribution >= 4 is 29.5 Å². The van der Waals surface area contributed by atoms with E-state index in [4.69, 9.17) is 21.1 Å². The Kier molecular flexibility index (Phi) is 6.46. The summed E-state index contributed by atoms with van der Waals surface area (Å²) >= 11 is 5.98. The number of benzene rings is 1. The number of halogens is 1. The van der Waals surface area contributed by atoms with Gasteiger partial charge in [0.15, 0.2) is 0 Å². The SMILES string of the molecule is CCOC(=O)c1cc(-c2ccc(Cl)cc2)[nH]c1N1CCN(C(=O)OCC)CC1. The summed E-state index contributed by atoms with van der Waals surface area (Å²) in [5, 5.41) is 0.649. The molecule has 1 aromatic heterocycles. The van der Waals surface area contributed by atoms with Crippen molar-refractivity contribution in [1.29, 1.82) is 0 Å². The molecule has 0 saturated carbocycles. The monoisotopic (exact) mass is 405 g/mol. The molecule has 0 bridgehead atoms. The number of aromatic nitrogens is 1. The zero-order valence-electron chi connectivity index (χ0n) is 16.0. The van der Waals surface area contributed by atoms with E-state index < -0.39 is 0 Å². The average Bonchev–Trinajstić information content (AvgIpc) is 3.14. The van der Waals surface area contributed by atoms with Crippen LogP contribution in [-0.4, -0.2) is 61.3 Å². The standard InChI is InChI=1S/C20H24ClN3O4/c1-3-27-19(25)16-13-17(14-5-7-15(21)8-6-14)22-18(16)23-9-11-24(12-10-23)20(26)28-4-2/h5-8,13,22H,3-4,9-12H2,1-2H3. The third-order valence-electron chi connectivity index (χ3n) is 4.57. The van der Waals surface area contributed by atoms with Gasteiger partial charge in [0, 0.05) is 36.9 Å². The second-order valence-electron chi connectivity index (χ2n) is 6.35. The number of amides is 1. The molecule has 1 aliphatic heterocycles. The minimum atomic E-state index is -0.373. The molecule has 1 N–H and O–H groups in total. The van der Waals surface area contributed by atoms with E-state index >= 15 is 0 Å². The first-order valence-electron chi connectivity index (χ1n) is 9.36. The van der Waals surface area contributed by atoms with E-state index in [1.165, 1.54) is 0 Å². The Hall–Kier alpha value is -2.67. The number of hydrogen-bond donors (Lipinski definition) is 1. The Balaban J connectivity index is 1.84. The number of nitrogens with zero attached hydrogens (tertiary/aromatic N) is 2. The summed E-state index contributed by atoms with van der Waals surface area (Å²) in [5.74, 6) is 0.327. The molecule has 0 unspecified atom stereocenters. The molecule has 1 aliphatic rings. The predicted octanol–water partition coefficient (Wildman–Crippen LogP) is 3.79. The largest absolute Gasteiger partial charge is 0.462 e. The second-order valence-corrected chi connectivity index (χ2v) is 6.78. The Labute approximate surface area is 169 Å². The van der Waals surface area contributed by atoms with Gasteiger partial charge in [-0.15, -0.1) is 0 Å². The molecule has 1 saturated heterocycles. The normalized spacial score (nSPS) is 14.1. The highest BCUT2D eigenvalue weighted by molar-refractivity contribution is 6.30. The maximum atomic E-state index is 12.5. The number of anilines is 1. The van der Waals surface area contributed by atoms with Crippen molar-refractivity contribution in [3.05, 3.63) is 40.9 Å². The summed E-state index contributed by atoms with van der Waals surface area (Å²) in [4.78, 5) is 31.5. The first kappa shape index (κ1) is 20.1. The number of hydrogen-bond acceptors (Lipinski definition) is 5. The molecule has 0 spiro atoms. The van der Waals surface area contributed by atoms with Gasteiger partial charge in [0.2, 0.25) is 0 Å². The zero-order valence-corrected chi connectivity index (χ0v) is 16.8. The quantitative estimate of drug-likeness (QED) is 0.766. The molecular weight excluding hydrogens is 382 g/mol. The molecule has 150 valence electrons. The van der Waals surface area contributed by atoms with Gasteiger partial charge < -0.3 is 24.3 Å². The van der Waals surface area contributed by atoms with Gasteiger partial charge >= 0.3 is 12.1 Å². The summed E-state index contributed by atoms with van der Waals surface area (Å²) in [6, 6.07) is 9.20. The molecule has 0 atom stereocenters. The number of H-pyrrole nitrogens is 1. The number of carbonyl (C=O) groups excluding carboxylic acids is 2. The zero-order chi connectivity index (χ0) is 20.1. The van der Waals surface area contributed by atoms with Crippen molar-refractivity contribution in [2.45, 2.75) is 13.8 Å². The summed E-state index contributed by atoms with van der Waals surface area (Å²) in [7, 11) is 0. The number of aromatic amines is 1. The lowest BCUT2D eigenvalue weighted by Gasteiger charge is -2.35. The lowest BCUT2D eigenvalue weighted by atomic mass is 10.1. The number of rotatable bonds is 5. The van der Waals surface area contributed by atoms with E-state index in [1.807, 2.05) is 12.1 Å². The van der Waals surface area contributed by atoms with Crippen LogP contribution in [0.1, 0.15) is 24.2 Å². The van der Waals surface area contributed by atoms with Gasteiger partial charge in [0.05, 0.1) is 13.2 Å². The fourth-order valence-electron chi connectivity index (χ4n) is 3.17. The highest BCUT2D eigenvalue weighted by Gasteiger charge is 2.27. The van der Waals surface area contributed by atoms with Gasteiger partial charge in [-0.25, -0.2) is 9.59 Å². The molecule has 28 heavy (non-hydrogen) atoms. The fraction of sp³-hybridized carbons (Fsp3) is 0.400. The number of piperazine rings is 1. The van der Waals surface area contributed by atoms with Crippen LogP contribution < -0.4 is 4.90 Å². The number of ether oxygens (including phenoxy) is 2.